The average Bonchev–Trinajstić information content (AvgIpc) is 3.17. The molecule has 0 amide bonds. The number of nitrogens with zero attached hydrogens (tertiary/aromatic N) is 3. The predicted molar refractivity (Wildman–Crippen MR) is 117 cm³/mol. The van der Waals surface area contributed by atoms with Crippen molar-refractivity contribution in [3.63, 3.8) is 0 Å². The van der Waals surface area contributed by atoms with E-state index in [9.17, 15) is 18.5 Å². The number of rotatable bonds is 9. The van der Waals surface area contributed by atoms with Crippen LogP contribution >= 0.6 is 24.0 Å². The Balaban J connectivity index is 0.00000392. The summed E-state index contributed by atoms with van der Waals surface area (Å²) in [6.45, 7) is 1.83. The zero-order chi connectivity index (χ0) is 19.7. The second-order valence-electron chi connectivity index (χ2n) is 5.50. The highest BCUT2D eigenvalue weighted by atomic mass is 127. The molecule has 1 heterocycles. The first-order chi connectivity index (χ1) is 12.9. The van der Waals surface area contributed by atoms with Gasteiger partial charge in [0.25, 0.3) is 5.69 Å². The minimum Gasteiger partial charge on any atom is -0.355 e. The number of aromatic nitrogens is 1. The van der Waals surface area contributed by atoms with E-state index in [2.05, 4.69) is 20.3 Å². The van der Waals surface area contributed by atoms with E-state index in [4.69, 9.17) is 0 Å². The summed E-state index contributed by atoms with van der Waals surface area (Å²) in [5.41, 5.74) is -0.275. The van der Waals surface area contributed by atoms with Gasteiger partial charge in [-0.3, -0.25) is 15.1 Å². The van der Waals surface area contributed by atoms with Crippen LogP contribution in [0.5, 0.6) is 0 Å². The summed E-state index contributed by atoms with van der Waals surface area (Å²) in [6, 6.07) is 8.80. The minimum absolute atomic E-state index is 0. The van der Waals surface area contributed by atoms with Gasteiger partial charge in [-0.15, -0.1) is 24.0 Å². The number of guanidine groups is 1. The molecule has 0 saturated heterocycles. The molecule has 0 radical (unpaired) electrons. The zero-order valence-electron chi connectivity index (χ0n) is 15.2. The highest BCUT2D eigenvalue weighted by Gasteiger charge is 2.16. The highest BCUT2D eigenvalue weighted by molar-refractivity contribution is 14.0. The number of nitro groups is 1. The zero-order valence-corrected chi connectivity index (χ0v) is 18.4. The number of nitrogens with one attached hydrogen (secondary N) is 3. The molecule has 1 aromatic heterocycles. The number of hydrogen-bond acceptors (Lipinski definition) is 5. The molecule has 1 aromatic carbocycles. The molecule has 0 spiro atoms. The number of hydrogen-bond donors (Lipinski definition) is 3. The lowest BCUT2D eigenvalue weighted by molar-refractivity contribution is -0.385. The fourth-order valence-electron chi connectivity index (χ4n) is 2.26. The van der Waals surface area contributed by atoms with Crippen LogP contribution in [-0.2, 0) is 16.6 Å². The summed E-state index contributed by atoms with van der Waals surface area (Å²) in [5, 5.41) is 16.9. The Morgan fingerprint density at radius 3 is 2.46 bits per heavy atom. The molecular formula is C16H23IN6O4S. The third-order valence-electron chi connectivity index (χ3n) is 3.60. The largest absolute Gasteiger partial charge is 0.355 e. The van der Waals surface area contributed by atoms with Gasteiger partial charge >= 0.3 is 0 Å². The van der Waals surface area contributed by atoms with Gasteiger partial charge in [-0.2, -0.15) is 0 Å². The average molecular weight is 522 g/mol. The standard InChI is InChI=1S/C16H22N6O4S.HI/c1-17-16(19-9-12-21-10-2-3-11-21)18-7-8-20-27(25,26)15-6-4-5-14(13-15)22(23)24;/h2-6,10-11,13,20H,7-9,12H2,1H3,(H2,17,18,19);1H. The van der Waals surface area contributed by atoms with Gasteiger partial charge in [0.2, 0.25) is 10.0 Å². The molecular weight excluding hydrogens is 499 g/mol. The maximum atomic E-state index is 12.2. The first-order valence-electron chi connectivity index (χ1n) is 8.22. The van der Waals surface area contributed by atoms with Crippen LogP contribution in [0.1, 0.15) is 0 Å². The maximum absolute atomic E-state index is 12.2. The molecule has 0 aliphatic heterocycles. The Bertz CT molecular complexity index is 886. The van der Waals surface area contributed by atoms with Crippen LogP contribution in [0.25, 0.3) is 0 Å². The predicted octanol–water partition coefficient (Wildman–Crippen LogP) is 1.16. The third kappa shape index (κ3) is 7.44. The minimum atomic E-state index is -3.83. The second kappa shape index (κ2) is 11.6. The van der Waals surface area contributed by atoms with E-state index in [0.717, 1.165) is 12.6 Å². The van der Waals surface area contributed by atoms with Crippen LogP contribution in [0.15, 0.2) is 58.7 Å². The lowest BCUT2D eigenvalue weighted by Crippen LogP contribution is -2.42. The van der Waals surface area contributed by atoms with Crippen molar-refractivity contribution in [1.29, 1.82) is 0 Å². The summed E-state index contributed by atoms with van der Waals surface area (Å²) in [7, 11) is -2.20. The molecule has 0 atom stereocenters. The van der Waals surface area contributed by atoms with Crippen LogP contribution < -0.4 is 15.4 Å². The van der Waals surface area contributed by atoms with E-state index >= 15 is 0 Å². The highest BCUT2D eigenvalue weighted by Crippen LogP contribution is 2.16. The quantitative estimate of drug-likeness (QED) is 0.113. The molecule has 0 unspecified atom stereocenters. The van der Waals surface area contributed by atoms with E-state index < -0.39 is 14.9 Å². The van der Waals surface area contributed by atoms with Crippen molar-refractivity contribution in [2.24, 2.45) is 4.99 Å². The molecule has 28 heavy (non-hydrogen) atoms. The summed E-state index contributed by atoms with van der Waals surface area (Å²) in [5.74, 6) is 0.553. The number of non-ortho nitro benzene ring substituents is 1. The molecule has 3 N–H and O–H groups in total. The number of nitro benzene ring substituents is 1. The van der Waals surface area contributed by atoms with Crippen molar-refractivity contribution in [3.05, 3.63) is 58.9 Å². The van der Waals surface area contributed by atoms with Crippen LogP contribution in [0, 0.1) is 10.1 Å². The van der Waals surface area contributed by atoms with Crippen LogP contribution in [0.3, 0.4) is 0 Å². The lowest BCUT2D eigenvalue weighted by atomic mass is 10.3. The van der Waals surface area contributed by atoms with E-state index in [1.165, 1.54) is 18.2 Å². The molecule has 0 bridgehead atoms. The molecule has 0 saturated carbocycles. The summed E-state index contributed by atoms with van der Waals surface area (Å²) >= 11 is 0. The summed E-state index contributed by atoms with van der Waals surface area (Å²) in [4.78, 5) is 14.0. The maximum Gasteiger partial charge on any atom is 0.270 e. The topological polar surface area (TPSA) is 131 Å². The van der Waals surface area contributed by atoms with Crippen LogP contribution in [-0.4, -0.2) is 50.5 Å². The number of halogens is 1. The number of aliphatic imine (C=N–C) groups is 1. The molecule has 154 valence electrons. The van der Waals surface area contributed by atoms with Crippen molar-refractivity contribution < 1.29 is 13.3 Å². The SMILES string of the molecule is CN=C(NCCNS(=O)(=O)c1cccc([N+](=O)[O-])c1)NCCn1cccc1.I. The van der Waals surface area contributed by atoms with E-state index in [1.807, 2.05) is 29.1 Å². The molecule has 0 aliphatic rings. The first-order valence-corrected chi connectivity index (χ1v) is 9.70. The summed E-state index contributed by atoms with van der Waals surface area (Å²) < 4.78 is 28.8. The van der Waals surface area contributed by atoms with Crippen molar-refractivity contribution in [2.45, 2.75) is 11.4 Å². The Kier molecular flexibility index (Phi) is 9.89. The van der Waals surface area contributed by atoms with E-state index in [0.29, 0.717) is 19.0 Å². The molecule has 0 fully saturated rings. The Hall–Kier alpha value is -2.19. The van der Waals surface area contributed by atoms with Gasteiger partial charge in [-0.25, -0.2) is 13.1 Å². The van der Waals surface area contributed by atoms with Crippen molar-refractivity contribution in [2.75, 3.05) is 26.7 Å². The van der Waals surface area contributed by atoms with Crippen LogP contribution in [0.2, 0.25) is 0 Å². The van der Waals surface area contributed by atoms with Gasteiger partial charge in [0.1, 0.15) is 0 Å². The van der Waals surface area contributed by atoms with Crippen molar-refractivity contribution in [1.82, 2.24) is 19.9 Å². The third-order valence-corrected chi connectivity index (χ3v) is 5.06. The fraction of sp³-hybridized carbons (Fsp3) is 0.312. The second-order valence-corrected chi connectivity index (χ2v) is 7.27. The number of sulfonamides is 1. The van der Waals surface area contributed by atoms with Gasteiger partial charge in [0.15, 0.2) is 5.96 Å². The fourth-order valence-corrected chi connectivity index (χ4v) is 3.33. The molecule has 0 aliphatic carbocycles. The van der Waals surface area contributed by atoms with Gasteiger partial charge < -0.3 is 15.2 Å². The monoisotopic (exact) mass is 522 g/mol. The smallest absolute Gasteiger partial charge is 0.270 e. The number of benzene rings is 1. The normalized spacial score (nSPS) is 11.5. The molecule has 12 heteroatoms. The van der Waals surface area contributed by atoms with Gasteiger partial charge in [-0.05, 0) is 18.2 Å². The van der Waals surface area contributed by atoms with Crippen LogP contribution in [0.4, 0.5) is 5.69 Å². The molecule has 2 aromatic rings. The first kappa shape index (κ1) is 23.8. The van der Waals surface area contributed by atoms with Gasteiger partial charge in [0.05, 0.1) is 9.82 Å². The Labute approximate surface area is 180 Å². The van der Waals surface area contributed by atoms with Crippen molar-refractivity contribution >= 4 is 45.6 Å². The molecule has 2 rings (SSSR count). The molecule has 10 nitrogen and oxygen atoms in total. The van der Waals surface area contributed by atoms with E-state index in [1.54, 1.807) is 7.05 Å². The van der Waals surface area contributed by atoms with Gasteiger partial charge in [0, 0.05) is 57.8 Å². The Morgan fingerprint density at radius 1 is 1.14 bits per heavy atom. The van der Waals surface area contributed by atoms with E-state index in [-0.39, 0.29) is 41.1 Å². The van der Waals surface area contributed by atoms with Crippen molar-refractivity contribution in [3.8, 4) is 0 Å². The Morgan fingerprint density at radius 2 is 1.82 bits per heavy atom. The lowest BCUT2D eigenvalue weighted by Gasteiger charge is -2.13. The summed E-state index contributed by atoms with van der Waals surface area (Å²) in [6.07, 6.45) is 3.92. The van der Waals surface area contributed by atoms with Gasteiger partial charge in [-0.1, -0.05) is 6.07 Å².